The molecule has 0 radical (unpaired) electrons. The molecule has 27 heavy (non-hydrogen) atoms. The second-order valence-corrected chi connectivity index (χ2v) is 7.32. The maximum absolute atomic E-state index is 12.9. The van der Waals surface area contributed by atoms with Gasteiger partial charge in [-0.15, -0.1) is 0 Å². The van der Waals surface area contributed by atoms with Crippen LogP contribution in [0.2, 0.25) is 0 Å². The van der Waals surface area contributed by atoms with Crippen molar-refractivity contribution in [1.82, 2.24) is 4.90 Å². The molecule has 0 fully saturated rings. The van der Waals surface area contributed by atoms with Crippen LogP contribution in [-0.4, -0.2) is 23.3 Å². The molecule has 4 nitrogen and oxygen atoms in total. The van der Waals surface area contributed by atoms with Crippen LogP contribution in [0.25, 0.3) is 5.57 Å². The predicted octanol–water partition coefficient (Wildman–Crippen LogP) is 4.64. The van der Waals surface area contributed by atoms with Crippen LogP contribution >= 0.6 is 0 Å². The Morgan fingerprint density at radius 3 is 2.19 bits per heavy atom. The van der Waals surface area contributed by atoms with Crippen LogP contribution in [0.3, 0.4) is 0 Å². The second kappa shape index (κ2) is 7.39. The van der Waals surface area contributed by atoms with Crippen molar-refractivity contribution in [2.24, 2.45) is 0 Å². The summed E-state index contributed by atoms with van der Waals surface area (Å²) in [5, 5.41) is 3.21. The lowest BCUT2D eigenvalue weighted by molar-refractivity contribution is -0.136. The molecule has 0 bridgehead atoms. The third kappa shape index (κ3) is 3.52. The normalized spacial score (nSPS) is 14.5. The maximum atomic E-state index is 12.9. The minimum atomic E-state index is -0.273. The highest BCUT2D eigenvalue weighted by Gasteiger charge is 2.38. The van der Waals surface area contributed by atoms with Gasteiger partial charge in [0.05, 0.1) is 5.57 Å². The second-order valence-electron chi connectivity index (χ2n) is 7.32. The molecule has 0 spiro atoms. The first-order valence-corrected chi connectivity index (χ1v) is 9.38. The zero-order valence-electron chi connectivity index (χ0n) is 16.6. The number of aryl methyl sites for hydroxylation is 2. The number of nitrogens with one attached hydrogen (secondary N) is 1. The van der Waals surface area contributed by atoms with Crippen molar-refractivity contribution in [1.29, 1.82) is 0 Å². The van der Waals surface area contributed by atoms with Crippen LogP contribution in [0, 0.1) is 13.8 Å². The average Bonchev–Trinajstić information content (AvgIpc) is 2.85. The molecule has 2 aromatic rings. The van der Waals surface area contributed by atoms with Gasteiger partial charge >= 0.3 is 0 Å². The van der Waals surface area contributed by atoms with E-state index in [9.17, 15) is 9.59 Å². The number of anilines is 1. The summed E-state index contributed by atoms with van der Waals surface area (Å²) in [6.45, 7) is 10.4. The number of imide groups is 1. The average molecular weight is 362 g/mol. The van der Waals surface area contributed by atoms with Gasteiger partial charge in [-0.05, 0) is 55.5 Å². The molecule has 0 aliphatic carbocycles. The molecule has 1 heterocycles. The van der Waals surface area contributed by atoms with Crippen molar-refractivity contribution in [3.05, 3.63) is 70.4 Å². The van der Waals surface area contributed by atoms with E-state index in [-0.39, 0.29) is 11.8 Å². The molecule has 3 rings (SSSR count). The highest BCUT2D eigenvalue weighted by atomic mass is 16.2. The van der Waals surface area contributed by atoms with Crippen molar-refractivity contribution < 1.29 is 9.59 Å². The highest BCUT2D eigenvalue weighted by molar-refractivity contribution is 6.36. The predicted molar refractivity (Wildman–Crippen MR) is 109 cm³/mol. The summed E-state index contributed by atoms with van der Waals surface area (Å²) in [5.41, 5.74) is 5.75. The summed E-state index contributed by atoms with van der Waals surface area (Å²) >= 11 is 0. The molecule has 0 saturated carbocycles. The molecule has 4 heteroatoms. The number of hydrogen-bond acceptors (Lipinski definition) is 3. The van der Waals surface area contributed by atoms with E-state index in [1.54, 1.807) is 0 Å². The van der Waals surface area contributed by atoms with E-state index >= 15 is 0 Å². The molecule has 2 aromatic carbocycles. The van der Waals surface area contributed by atoms with E-state index in [1.807, 2.05) is 63.2 Å². The summed E-state index contributed by atoms with van der Waals surface area (Å²) in [6.07, 6.45) is 0. The van der Waals surface area contributed by atoms with Gasteiger partial charge in [0.2, 0.25) is 0 Å². The van der Waals surface area contributed by atoms with Crippen molar-refractivity contribution in [2.75, 3.05) is 11.9 Å². The molecule has 0 atom stereocenters. The molecular formula is C23H26N2O2. The third-order valence-corrected chi connectivity index (χ3v) is 4.98. The number of carbonyl (C=O) groups excluding carboxylic acids is 2. The van der Waals surface area contributed by atoms with E-state index in [2.05, 4.69) is 19.2 Å². The fourth-order valence-electron chi connectivity index (χ4n) is 3.42. The fraction of sp³-hybridized carbons (Fsp3) is 0.304. The third-order valence-electron chi connectivity index (χ3n) is 4.98. The van der Waals surface area contributed by atoms with Crippen LogP contribution in [0.4, 0.5) is 5.69 Å². The van der Waals surface area contributed by atoms with Crippen molar-refractivity contribution in [2.45, 2.75) is 40.5 Å². The highest BCUT2D eigenvalue weighted by Crippen LogP contribution is 2.32. The number of nitrogens with zero attached hydrogens (tertiary/aromatic N) is 1. The van der Waals surface area contributed by atoms with Crippen LogP contribution in [0.5, 0.6) is 0 Å². The monoisotopic (exact) mass is 362 g/mol. The van der Waals surface area contributed by atoms with Crippen LogP contribution in [0.1, 0.15) is 48.9 Å². The number of amides is 2. The van der Waals surface area contributed by atoms with E-state index in [0.717, 1.165) is 22.4 Å². The Balaban J connectivity index is 2.07. The summed E-state index contributed by atoms with van der Waals surface area (Å²) in [7, 11) is 0. The van der Waals surface area contributed by atoms with E-state index in [4.69, 9.17) is 0 Å². The Morgan fingerprint density at radius 1 is 0.963 bits per heavy atom. The first-order valence-electron chi connectivity index (χ1n) is 9.38. The number of likely N-dealkylation sites (N-methyl/N-ethyl adjacent to an activating group) is 1. The lowest BCUT2D eigenvalue weighted by Crippen LogP contribution is -2.32. The minimum absolute atomic E-state index is 0.240. The first-order chi connectivity index (χ1) is 12.8. The van der Waals surface area contributed by atoms with Crippen molar-refractivity contribution in [3.8, 4) is 0 Å². The zero-order chi connectivity index (χ0) is 19.7. The summed E-state index contributed by atoms with van der Waals surface area (Å²) < 4.78 is 0. The number of hydrogen-bond donors (Lipinski definition) is 1. The van der Waals surface area contributed by atoms with Gasteiger partial charge in [-0.3, -0.25) is 14.5 Å². The Kier molecular flexibility index (Phi) is 5.17. The molecule has 140 valence electrons. The van der Waals surface area contributed by atoms with Gasteiger partial charge < -0.3 is 5.32 Å². The lowest BCUT2D eigenvalue weighted by atomic mass is 9.97. The van der Waals surface area contributed by atoms with Crippen LogP contribution in [0.15, 0.2) is 48.2 Å². The summed E-state index contributed by atoms with van der Waals surface area (Å²) in [6, 6.07) is 13.9. The molecule has 0 unspecified atom stereocenters. The Morgan fingerprint density at radius 2 is 1.63 bits per heavy atom. The standard InChI is InChI=1S/C23H26N2O2/c1-6-25-22(26)20(19-12-7-15(4)13-16(19)5)21(23(25)27)24-18-10-8-17(9-11-18)14(2)3/h7-14,24H,6H2,1-5H3. The molecule has 2 amide bonds. The van der Waals surface area contributed by atoms with Gasteiger partial charge in [0, 0.05) is 12.2 Å². The molecule has 1 aliphatic heterocycles. The molecule has 0 saturated heterocycles. The SMILES string of the molecule is CCN1C(=O)C(Nc2ccc(C(C)C)cc2)=C(c2ccc(C)cc2C)C1=O. The van der Waals surface area contributed by atoms with E-state index in [1.165, 1.54) is 10.5 Å². The molecule has 1 N–H and O–H groups in total. The number of carbonyl (C=O) groups is 2. The number of rotatable bonds is 5. The van der Waals surface area contributed by atoms with Gasteiger partial charge in [-0.25, -0.2) is 0 Å². The topological polar surface area (TPSA) is 49.4 Å². The number of benzene rings is 2. The van der Waals surface area contributed by atoms with E-state index < -0.39 is 0 Å². The Bertz CT molecular complexity index is 924. The zero-order valence-corrected chi connectivity index (χ0v) is 16.6. The summed E-state index contributed by atoms with van der Waals surface area (Å²) in [4.78, 5) is 27.1. The first kappa shape index (κ1) is 18.9. The molecular weight excluding hydrogens is 336 g/mol. The maximum Gasteiger partial charge on any atom is 0.278 e. The van der Waals surface area contributed by atoms with Gasteiger partial charge in [0.1, 0.15) is 5.70 Å². The minimum Gasteiger partial charge on any atom is -0.350 e. The molecule has 0 aromatic heterocycles. The smallest absolute Gasteiger partial charge is 0.278 e. The Labute approximate surface area is 160 Å². The van der Waals surface area contributed by atoms with Gasteiger partial charge in [0.15, 0.2) is 0 Å². The van der Waals surface area contributed by atoms with Gasteiger partial charge in [-0.1, -0.05) is 49.7 Å². The van der Waals surface area contributed by atoms with Gasteiger partial charge in [-0.2, -0.15) is 0 Å². The quantitative estimate of drug-likeness (QED) is 0.789. The summed E-state index contributed by atoms with van der Waals surface area (Å²) in [5.74, 6) is -0.0736. The van der Waals surface area contributed by atoms with Crippen molar-refractivity contribution in [3.63, 3.8) is 0 Å². The van der Waals surface area contributed by atoms with Gasteiger partial charge in [0.25, 0.3) is 11.8 Å². The van der Waals surface area contributed by atoms with Crippen molar-refractivity contribution >= 4 is 23.1 Å². The Hall–Kier alpha value is -2.88. The van der Waals surface area contributed by atoms with E-state index in [0.29, 0.717) is 23.7 Å². The fourth-order valence-corrected chi connectivity index (χ4v) is 3.42. The van der Waals surface area contributed by atoms with Crippen LogP contribution < -0.4 is 5.32 Å². The molecule has 1 aliphatic rings. The largest absolute Gasteiger partial charge is 0.350 e. The lowest BCUT2D eigenvalue weighted by Gasteiger charge is -2.12. The van der Waals surface area contributed by atoms with Crippen LogP contribution in [-0.2, 0) is 9.59 Å².